The molecule has 2 aromatic rings. The van der Waals surface area contributed by atoms with Crippen molar-refractivity contribution in [2.45, 2.75) is 6.54 Å². The van der Waals surface area contributed by atoms with Crippen LogP contribution >= 0.6 is 50.2 Å². The van der Waals surface area contributed by atoms with E-state index in [4.69, 9.17) is 11.6 Å². The Bertz CT molecular complexity index is 386. The number of halogens is 2. The highest BCUT2D eigenvalue weighted by Crippen LogP contribution is 2.23. The molecule has 2 rings (SSSR count). The predicted molar refractivity (Wildman–Crippen MR) is 66.5 cm³/mol. The van der Waals surface area contributed by atoms with Crippen LogP contribution < -0.4 is 5.32 Å². The molecule has 0 radical (unpaired) electrons. The van der Waals surface area contributed by atoms with E-state index in [9.17, 15) is 0 Å². The first-order valence-corrected chi connectivity index (χ1v) is 6.75. The molecule has 0 fully saturated rings. The molecule has 0 aromatic carbocycles. The fourth-order valence-corrected chi connectivity index (χ4v) is 3.17. The van der Waals surface area contributed by atoms with Gasteiger partial charge >= 0.3 is 0 Å². The Balaban J connectivity index is 1.94. The van der Waals surface area contributed by atoms with Crippen LogP contribution in [0, 0.1) is 0 Å². The number of aromatic nitrogens is 1. The Morgan fingerprint density at radius 2 is 2.29 bits per heavy atom. The predicted octanol–water partition coefficient (Wildman–Crippen LogP) is 4.23. The molecule has 0 aliphatic heterocycles. The van der Waals surface area contributed by atoms with Crippen molar-refractivity contribution in [3.8, 4) is 0 Å². The second kappa shape index (κ2) is 4.61. The third-order valence-electron chi connectivity index (χ3n) is 1.51. The lowest BCUT2D eigenvalue weighted by Gasteiger charge is -1.97. The van der Waals surface area contributed by atoms with E-state index in [0.29, 0.717) is 5.15 Å². The van der Waals surface area contributed by atoms with Crippen molar-refractivity contribution < 1.29 is 0 Å². The molecule has 74 valence electrons. The van der Waals surface area contributed by atoms with Crippen LogP contribution in [0.5, 0.6) is 0 Å². The Labute approximate surface area is 103 Å². The molecule has 0 saturated heterocycles. The zero-order valence-corrected chi connectivity index (χ0v) is 10.9. The lowest BCUT2D eigenvalue weighted by molar-refractivity contribution is 1.17. The SMILES string of the molecule is Clc1csc(NCc2cc(Br)cs2)n1. The smallest absolute Gasteiger partial charge is 0.184 e. The Kier molecular flexibility index (Phi) is 3.43. The summed E-state index contributed by atoms with van der Waals surface area (Å²) in [7, 11) is 0. The van der Waals surface area contributed by atoms with Gasteiger partial charge in [-0.05, 0) is 22.0 Å². The summed E-state index contributed by atoms with van der Waals surface area (Å²) in [5, 5.41) is 8.49. The zero-order valence-electron chi connectivity index (χ0n) is 6.96. The van der Waals surface area contributed by atoms with E-state index in [1.54, 1.807) is 11.3 Å². The second-order valence-electron chi connectivity index (χ2n) is 2.56. The first-order chi connectivity index (χ1) is 6.74. The summed E-state index contributed by atoms with van der Waals surface area (Å²) in [6.07, 6.45) is 0. The lowest BCUT2D eigenvalue weighted by atomic mass is 10.5. The van der Waals surface area contributed by atoms with Crippen molar-refractivity contribution >= 4 is 55.3 Å². The van der Waals surface area contributed by atoms with Crippen LogP contribution in [0.4, 0.5) is 5.13 Å². The van der Waals surface area contributed by atoms with E-state index in [1.807, 2.05) is 5.38 Å². The number of nitrogens with zero attached hydrogens (tertiary/aromatic N) is 1. The number of rotatable bonds is 3. The van der Waals surface area contributed by atoms with Crippen LogP contribution in [-0.2, 0) is 6.54 Å². The summed E-state index contributed by atoms with van der Waals surface area (Å²) in [5.41, 5.74) is 0. The Hall–Kier alpha value is -0.100. The van der Waals surface area contributed by atoms with Crippen LogP contribution in [0.25, 0.3) is 0 Å². The first kappa shape index (κ1) is 10.4. The van der Waals surface area contributed by atoms with E-state index in [-0.39, 0.29) is 0 Å². The molecule has 2 nitrogen and oxygen atoms in total. The fourth-order valence-electron chi connectivity index (χ4n) is 0.945. The molecule has 0 aliphatic carbocycles. The summed E-state index contributed by atoms with van der Waals surface area (Å²) in [4.78, 5) is 5.37. The molecule has 14 heavy (non-hydrogen) atoms. The van der Waals surface area contributed by atoms with Gasteiger partial charge in [0, 0.05) is 20.1 Å². The molecule has 2 aromatic heterocycles. The van der Waals surface area contributed by atoms with Crippen molar-refractivity contribution in [3.05, 3.63) is 31.3 Å². The topological polar surface area (TPSA) is 24.9 Å². The number of anilines is 1. The molecule has 0 saturated carbocycles. The molecule has 0 bridgehead atoms. The normalized spacial score (nSPS) is 10.4. The van der Waals surface area contributed by atoms with Gasteiger partial charge in [0.25, 0.3) is 0 Å². The summed E-state index contributed by atoms with van der Waals surface area (Å²) >= 11 is 12.3. The van der Waals surface area contributed by atoms with Gasteiger partial charge in [-0.1, -0.05) is 11.6 Å². The van der Waals surface area contributed by atoms with Gasteiger partial charge in [0.2, 0.25) is 0 Å². The molecule has 1 N–H and O–H groups in total. The molecular weight excluding hydrogens is 304 g/mol. The van der Waals surface area contributed by atoms with Crippen LogP contribution in [0.3, 0.4) is 0 Å². The molecule has 2 heterocycles. The zero-order chi connectivity index (χ0) is 9.97. The quantitative estimate of drug-likeness (QED) is 0.917. The minimum atomic E-state index is 0.546. The number of hydrogen-bond acceptors (Lipinski definition) is 4. The number of nitrogens with one attached hydrogen (secondary N) is 1. The summed E-state index contributed by atoms with van der Waals surface area (Å²) in [6, 6.07) is 2.09. The van der Waals surface area contributed by atoms with Gasteiger partial charge in [0.1, 0.15) is 5.15 Å². The number of hydrogen-bond donors (Lipinski definition) is 1. The average Bonchev–Trinajstić information content (AvgIpc) is 2.72. The van der Waals surface area contributed by atoms with Crippen LogP contribution in [0.1, 0.15) is 4.88 Å². The Morgan fingerprint density at radius 1 is 1.43 bits per heavy atom. The van der Waals surface area contributed by atoms with E-state index in [2.05, 4.69) is 37.7 Å². The Morgan fingerprint density at radius 3 is 2.86 bits per heavy atom. The maximum Gasteiger partial charge on any atom is 0.184 e. The van der Waals surface area contributed by atoms with Crippen molar-refractivity contribution in [2.24, 2.45) is 0 Å². The third-order valence-corrected chi connectivity index (χ3v) is 4.33. The summed E-state index contributed by atoms with van der Waals surface area (Å²) in [5.74, 6) is 0. The van der Waals surface area contributed by atoms with Gasteiger partial charge < -0.3 is 5.32 Å². The minimum absolute atomic E-state index is 0.546. The van der Waals surface area contributed by atoms with Gasteiger partial charge in [0.15, 0.2) is 5.13 Å². The molecule has 0 atom stereocenters. The van der Waals surface area contributed by atoms with Gasteiger partial charge in [-0.15, -0.1) is 22.7 Å². The van der Waals surface area contributed by atoms with Crippen LogP contribution in [-0.4, -0.2) is 4.98 Å². The van der Waals surface area contributed by atoms with Crippen molar-refractivity contribution in [1.29, 1.82) is 0 Å². The maximum absolute atomic E-state index is 5.70. The molecule has 6 heteroatoms. The van der Waals surface area contributed by atoms with E-state index in [0.717, 1.165) is 16.1 Å². The van der Waals surface area contributed by atoms with Crippen LogP contribution in [0.2, 0.25) is 5.15 Å². The van der Waals surface area contributed by atoms with E-state index in [1.165, 1.54) is 16.2 Å². The third kappa shape index (κ3) is 2.70. The van der Waals surface area contributed by atoms with E-state index >= 15 is 0 Å². The van der Waals surface area contributed by atoms with E-state index < -0.39 is 0 Å². The molecular formula is C8H6BrClN2S2. The second-order valence-corrected chi connectivity index (χ2v) is 5.72. The van der Waals surface area contributed by atoms with Crippen LogP contribution in [0.15, 0.2) is 21.3 Å². The largest absolute Gasteiger partial charge is 0.357 e. The minimum Gasteiger partial charge on any atom is -0.357 e. The highest BCUT2D eigenvalue weighted by molar-refractivity contribution is 9.10. The number of thiazole rings is 1. The molecule has 0 aliphatic rings. The lowest BCUT2D eigenvalue weighted by Crippen LogP contribution is -1.95. The summed E-state index contributed by atoms with van der Waals surface area (Å²) in [6.45, 7) is 0.792. The van der Waals surface area contributed by atoms with Gasteiger partial charge in [0.05, 0.1) is 6.54 Å². The molecule has 0 unspecified atom stereocenters. The average molecular weight is 310 g/mol. The highest BCUT2D eigenvalue weighted by atomic mass is 79.9. The van der Waals surface area contributed by atoms with Gasteiger partial charge in [-0.2, -0.15) is 0 Å². The monoisotopic (exact) mass is 308 g/mol. The molecule has 0 amide bonds. The van der Waals surface area contributed by atoms with Crippen molar-refractivity contribution in [3.63, 3.8) is 0 Å². The molecule has 0 spiro atoms. The maximum atomic E-state index is 5.70. The van der Waals surface area contributed by atoms with Crippen molar-refractivity contribution in [2.75, 3.05) is 5.32 Å². The fraction of sp³-hybridized carbons (Fsp3) is 0.125. The van der Waals surface area contributed by atoms with Gasteiger partial charge in [-0.3, -0.25) is 0 Å². The standard InChI is InChI=1S/C8H6BrClN2S2/c9-5-1-6(13-3-5)2-11-8-12-7(10)4-14-8/h1,3-4H,2H2,(H,11,12). The first-order valence-electron chi connectivity index (χ1n) is 3.82. The van der Waals surface area contributed by atoms with Gasteiger partial charge in [-0.25, -0.2) is 4.98 Å². The number of thiophene rings is 1. The van der Waals surface area contributed by atoms with Crippen molar-refractivity contribution in [1.82, 2.24) is 4.98 Å². The highest BCUT2D eigenvalue weighted by Gasteiger charge is 2.00. The summed E-state index contributed by atoms with van der Waals surface area (Å²) < 4.78 is 1.12.